The van der Waals surface area contributed by atoms with Crippen LogP contribution in [0.2, 0.25) is 0 Å². The summed E-state index contributed by atoms with van der Waals surface area (Å²) in [5.41, 5.74) is 16.9. The van der Waals surface area contributed by atoms with Crippen LogP contribution in [-0.2, 0) is 18.9 Å². The van der Waals surface area contributed by atoms with Gasteiger partial charge >= 0.3 is 0 Å². The summed E-state index contributed by atoms with van der Waals surface area (Å²) in [6.07, 6.45) is -3.05. The molecule has 192 valence electrons. The fourth-order valence-electron chi connectivity index (χ4n) is 4.86. The van der Waals surface area contributed by atoms with Gasteiger partial charge in [0.05, 0.1) is 25.2 Å². The maximum absolute atomic E-state index is 11.3. The molecule has 2 fully saturated rings. The van der Waals surface area contributed by atoms with Gasteiger partial charge in [-0.2, -0.15) is 0 Å². The van der Waals surface area contributed by atoms with Crippen molar-refractivity contribution in [3.05, 3.63) is 11.8 Å². The fraction of sp³-hybridized carbons (Fsp3) is 0.905. The predicted molar refractivity (Wildman–Crippen MR) is 120 cm³/mol. The van der Waals surface area contributed by atoms with Crippen molar-refractivity contribution in [1.29, 1.82) is 0 Å². The Kier molecular flexibility index (Phi) is 9.08. The lowest BCUT2D eigenvalue weighted by Gasteiger charge is -2.49. The van der Waals surface area contributed by atoms with Crippen molar-refractivity contribution in [2.45, 2.75) is 93.5 Å². The molecule has 0 aromatic heterocycles. The van der Waals surface area contributed by atoms with Crippen molar-refractivity contribution in [3.8, 4) is 0 Å². The summed E-state index contributed by atoms with van der Waals surface area (Å²) in [4.78, 5) is 0. The Balaban J connectivity index is 1.75. The molecule has 3 rings (SSSR count). The van der Waals surface area contributed by atoms with Gasteiger partial charge in [-0.05, 0) is 39.4 Å². The highest BCUT2D eigenvalue weighted by atomic mass is 16.7. The predicted octanol–water partition coefficient (Wildman–Crippen LogP) is -3.20. The topological polar surface area (TPSA) is 200 Å². The van der Waals surface area contributed by atoms with Gasteiger partial charge in [0.1, 0.15) is 35.8 Å². The molecule has 1 saturated heterocycles. The summed E-state index contributed by atoms with van der Waals surface area (Å²) < 4.78 is 23.6. The van der Waals surface area contributed by atoms with Gasteiger partial charge in [0, 0.05) is 12.1 Å². The summed E-state index contributed by atoms with van der Waals surface area (Å²) in [6.45, 7) is 4.30. The number of aliphatic hydroxyl groups excluding tert-OH is 2. The maximum atomic E-state index is 11.3. The molecule has 1 saturated carbocycles. The molecule has 2 heterocycles. The Morgan fingerprint density at radius 1 is 1.15 bits per heavy atom. The van der Waals surface area contributed by atoms with Gasteiger partial charge in [0.25, 0.3) is 0 Å². The third kappa shape index (κ3) is 5.85. The van der Waals surface area contributed by atoms with E-state index in [2.05, 4.69) is 10.6 Å². The molecule has 2 aliphatic heterocycles. The molecule has 0 bridgehead atoms. The molecule has 11 atom stereocenters. The molecular weight excluding hydrogens is 434 g/mol. The Morgan fingerprint density at radius 3 is 2.48 bits per heavy atom. The van der Waals surface area contributed by atoms with Crippen LogP contribution in [0.25, 0.3) is 0 Å². The highest BCUT2D eigenvalue weighted by Crippen LogP contribution is 2.31. The van der Waals surface area contributed by atoms with E-state index >= 15 is 0 Å². The Bertz CT molecular complexity index is 669. The fourth-order valence-corrected chi connectivity index (χ4v) is 4.86. The smallest absolute Gasteiger partial charge is 0.215 e. The Labute approximate surface area is 194 Å². The minimum Gasteiger partial charge on any atom is -0.467 e. The molecule has 0 spiro atoms. The minimum absolute atomic E-state index is 0.0483. The lowest BCUT2D eigenvalue weighted by atomic mass is 9.83. The van der Waals surface area contributed by atoms with Crippen molar-refractivity contribution in [2.75, 3.05) is 26.7 Å². The summed E-state index contributed by atoms with van der Waals surface area (Å²) in [6, 6.07) is -1.95. The number of aliphatic hydroxyl groups is 3. The number of ether oxygens (including phenoxy) is 4. The summed E-state index contributed by atoms with van der Waals surface area (Å²) in [7, 11) is 1.64. The highest BCUT2D eigenvalue weighted by molar-refractivity contribution is 5.05. The van der Waals surface area contributed by atoms with Crippen LogP contribution in [0.1, 0.15) is 26.7 Å². The van der Waals surface area contributed by atoms with E-state index in [1.807, 2.05) is 13.0 Å². The zero-order chi connectivity index (χ0) is 24.3. The monoisotopic (exact) mass is 475 g/mol. The van der Waals surface area contributed by atoms with Crippen LogP contribution in [-0.4, -0.2) is 109 Å². The molecule has 1 aliphatic carbocycles. The third-order valence-corrected chi connectivity index (χ3v) is 6.64. The second-order valence-corrected chi connectivity index (χ2v) is 9.31. The van der Waals surface area contributed by atoms with Gasteiger partial charge in [0.2, 0.25) is 6.29 Å². The quantitative estimate of drug-likeness (QED) is 0.175. The average Bonchev–Trinajstić information content (AvgIpc) is 2.76. The first-order chi connectivity index (χ1) is 15.6. The molecule has 12 heteroatoms. The van der Waals surface area contributed by atoms with Crippen LogP contribution in [0.4, 0.5) is 0 Å². The number of rotatable bonds is 8. The number of likely N-dealkylation sites (N-methyl/N-ethyl adjacent to an activating group) is 2. The van der Waals surface area contributed by atoms with Crippen molar-refractivity contribution < 1.29 is 34.3 Å². The molecule has 0 unspecified atom stereocenters. The van der Waals surface area contributed by atoms with Crippen LogP contribution < -0.4 is 27.8 Å². The lowest BCUT2D eigenvalue weighted by Crippen LogP contribution is -2.69. The average molecular weight is 476 g/mol. The van der Waals surface area contributed by atoms with E-state index < -0.39 is 60.7 Å². The van der Waals surface area contributed by atoms with E-state index in [0.717, 1.165) is 0 Å². The summed E-state index contributed by atoms with van der Waals surface area (Å²) >= 11 is 0. The number of nitrogens with two attached hydrogens (primary N) is 3. The molecule has 33 heavy (non-hydrogen) atoms. The van der Waals surface area contributed by atoms with Gasteiger partial charge in [-0.1, -0.05) is 6.92 Å². The highest BCUT2D eigenvalue weighted by Gasteiger charge is 2.51. The molecule has 0 aromatic rings. The van der Waals surface area contributed by atoms with Gasteiger partial charge in [-0.15, -0.1) is 0 Å². The SMILES string of the molecule is CCN[C@@H]1C[C@H](N)[C@@H](O[C@@H]2OC(CN)=CC[C@@H]2N)[C@H](O)[C@H]1O[C@@H]1OC[C@](C)(O)[C@H](NC)[C@@H]1O. The van der Waals surface area contributed by atoms with E-state index in [-0.39, 0.29) is 19.2 Å². The number of hydrogen-bond donors (Lipinski definition) is 8. The first-order valence-corrected chi connectivity index (χ1v) is 11.6. The van der Waals surface area contributed by atoms with Crippen molar-refractivity contribution in [2.24, 2.45) is 17.2 Å². The Morgan fingerprint density at radius 2 is 1.85 bits per heavy atom. The van der Waals surface area contributed by atoms with Gasteiger partial charge in [0.15, 0.2) is 6.29 Å². The van der Waals surface area contributed by atoms with E-state index in [0.29, 0.717) is 25.1 Å². The molecule has 12 nitrogen and oxygen atoms in total. The van der Waals surface area contributed by atoms with Gasteiger partial charge < -0.3 is 62.1 Å². The van der Waals surface area contributed by atoms with Crippen LogP contribution in [0, 0.1) is 0 Å². The lowest BCUT2D eigenvalue weighted by molar-refractivity contribution is -0.304. The zero-order valence-corrected chi connectivity index (χ0v) is 19.6. The number of hydrogen-bond acceptors (Lipinski definition) is 12. The van der Waals surface area contributed by atoms with Gasteiger partial charge in [-0.25, -0.2) is 0 Å². The molecule has 0 amide bonds. The normalized spacial score (nSPS) is 46.5. The second-order valence-electron chi connectivity index (χ2n) is 9.31. The van der Waals surface area contributed by atoms with Crippen LogP contribution in [0.5, 0.6) is 0 Å². The first-order valence-electron chi connectivity index (χ1n) is 11.6. The van der Waals surface area contributed by atoms with Crippen molar-refractivity contribution >= 4 is 0 Å². The van der Waals surface area contributed by atoms with Crippen LogP contribution in [0.15, 0.2) is 11.8 Å². The van der Waals surface area contributed by atoms with Crippen LogP contribution in [0.3, 0.4) is 0 Å². The molecule has 0 radical (unpaired) electrons. The molecule has 0 aromatic carbocycles. The van der Waals surface area contributed by atoms with Gasteiger partial charge in [-0.3, -0.25) is 0 Å². The number of nitrogens with one attached hydrogen (secondary N) is 2. The maximum Gasteiger partial charge on any atom is 0.215 e. The third-order valence-electron chi connectivity index (χ3n) is 6.64. The largest absolute Gasteiger partial charge is 0.467 e. The van der Waals surface area contributed by atoms with Crippen molar-refractivity contribution in [3.63, 3.8) is 0 Å². The summed E-state index contributed by atoms with van der Waals surface area (Å²) in [5.74, 6) is 0.572. The van der Waals surface area contributed by atoms with E-state index in [9.17, 15) is 15.3 Å². The van der Waals surface area contributed by atoms with E-state index in [4.69, 9.17) is 36.1 Å². The molecule has 11 N–H and O–H groups in total. The van der Waals surface area contributed by atoms with E-state index in [1.54, 1.807) is 14.0 Å². The summed E-state index contributed by atoms with van der Waals surface area (Å²) in [5, 5.41) is 38.8. The standard InChI is InChI=1S/C21H41N5O7/c1-4-26-13-7-12(24)16(32-19-11(23)6-5-10(8-22)31-19)14(27)17(13)33-20-15(28)18(25-3)21(2,29)9-30-20/h5,11-20,25-29H,4,6-9,22-24H2,1-3H3/t11-,12-,13+,14-,15-,16+,17-,18+,19-,20-,21-/m0/s1. The molecule has 3 aliphatic rings. The van der Waals surface area contributed by atoms with E-state index in [1.165, 1.54) is 0 Å². The second kappa shape index (κ2) is 11.2. The van der Waals surface area contributed by atoms with Crippen LogP contribution >= 0.6 is 0 Å². The first kappa shape index (κ1) is 26.7. The zero-order valence-electron chi connectivity index (χ0n) is 19.6. The minimum atomic E-state index is -1.28. The molecular formula is C21H41N5O7. The Hall–Kier alpha value is -0.900. The van der Waals surface area contributed by atoms with Crippen molar-refractivity contribution in [1.82, 2.24) is 10.6 Å².